The Morgan fingerprint density at radius 3 is 2.58 bits per heavy atom. The molecular weight excluding hydrogens is 238 g/mol. The number of nitrogens with zero attached hydrogens (tertiary/aromatic N) is 1. The van der Waals surface area contributed by atoms with Crippen molar-refractivity contribution in [3.05, 3.63) is 36.1 Å². The standard InChI is InChI=1S/C16H23NO2/c1-16(2,3)11-17(4)10-13(18)15-9-12-7-5-6-8-14(12)19-15/h5-9,13,18H,10-11H2,1-4H3. The van der Waals surface area contributed by atoms with Gasteiger partial charge in [0.05, 0.1) is 0 Å². The maximum atomic E-state index is 10.3. The van der Waals surface area contributed by atoms with Crippen LogP contribution in [0, 0.1) is 5.41 Å². The summed E-state index contributed by atoms with van der Waals surface area (Å²) in [6.07, 6.45) is -0.584. The number of rotatable bonds is 4. The highest BCUT2D eigenvalue weighted by molar-refractivity contribution is 5.77. The van der Waals surface area contributed by atoms with Crippen LogP contribution in [0.1, 0.15) is 32.6 Å². The van der Waals surface area contributed by atoms with Crippen LogP contribution >= 0.6 is 0 Å². The monoisotopic (exact) mass is 261 g/mol. The van der Waals surface area contributed by atoms with E-state index in [-0.39, 0.29) is 5.41 Å². The van der Waals surface area contributed by atoms with E-state index in [1.807, 2.05) is 37.4 Å². The quantitative estimate of drug-likeness (QED) is 0.916. The molecule has 0 radical (unpaired) electrons. The Morgan fingerprint density at radius 2 is 1.95 bits per heavy atom. The van der Waals surface area contributed by atoms with Crippen LogP contribution in [0.3, 0.4) is 0 Å². The molecule has 19 heavy (non-hydrogen) atoms. The third-order valence-electron chi connectivity index (χ3n) is 3.00. The number of furan rings is 1. The zero-order valence-electron chi connectivity index (χ0n) is 12.2. The summed E-state index contributed by atoms with van der Waals surface area (Å²) in [5.41, 5.74) is 1.05. The van der Waals surface area contributed by atoms with Crippen molar-refractivity contribution in [1.82, 2.24) is 4.90 Å². The van der Waals surface area contributed by atoms with Gasteiger partial charge in [0.1, 0.15) is 17.4 Å². The van der Waals surface area contributed by atoms with Gasteiger partial charge in [-0.2, -0.15) is 0 Å². The van der Waals surface area contributed by atoms with Crippen LogP contribution < -0.4 is 0 Å². The maximum Gasteiger partial charge on any atom is 0.135 e. The molecule has 0 saturated carbocycles. The van der Waals surface area contributed by atoms with Crippen molar-refractivity contribution in [2.24, 2.45) is 5.41 Å². The van der Waals surface area contributed by atoms with Crippen LogP contribution in [0.15, 0.2) is 34.7 Å². The minimum absolute atomic E-state index is 0.225. The predicted molar refractivity (Wildman–Crippen MR) is 78.1 cm³/mol. The zero-order valence-corrected chi connectivity index (χ0v) is 12.2. The smallest absolute Gasteiger partial charge is 0.135 e. The first-order chi connectivity index (χ1) is 8.85. The Bertz CT molecular complexity index is 506. The van der Waals surface area contributed by atoms with Crippen molar-refractivity contribution >= 4 is 11.0 Å². The third kappa shape index (κ3) is 3.82. The van der Waals surface area contributed by atoms with Crippen LogP contribution in [0.4, 0.5) is 0 Å². The summed E-state index contributed by atoms with van der Waals surface area (Å²) >= 11 is 0. The van der Waals surface area contributed by atoms with Gasteiger partial charge in [0.15, 0.2) is 0 Å². The van der Waals surface area contributed by atoms with Gasteiger partial charge in [0.25, 0.3) is 0 Å². The molecule has 0 aliphatic heterocycles. The van der Waals surface area contributed by atoms with Crippen LogP contribution in [0.25, 0.3) is 11.0 Å². The molecule has 0 spiro atoms. The van der Waals surface area contributed by atoms with E-state index in [1.165, 1.54) is 0 Å². The highest BCUT2D eigenvalue weighted by Gasteiger charge is 2.19. The van der Waals surface area contributed by atoms with Crippen molar-refractivity contribution in [3.63, 3.8) is 0 Å². The first kappa shape index (κ1) is 14.1. The number of likely N-dealkylation sites (N-methyl/N-ethyl adjacent to an activating group) is 1. The Kier molecular flexibility index (Phi) is 3.97. The van der Waals surface area contributed by atoms with E-state index >= 15 is 0 Å². The first-order valence-electron chi connectivity index (χ1n) is 6.70. The lowest BCUT2D eigenvalue weighted by Crippen LogP contribution is -2.32. The number of hydrogen-bond acceptors (Lipinski definition) is 3. The van der Waals surface area contributed by atoms with E-state index in [9.17, 15) is 5.11 Å². The Balaban J connectivity index is 2.05. The Hall–Kier alpha value is -1.32. The van der Waals surface area contributed by atoms with Gasteiger partial charge in [-0.25, -0.2) is 0 Å². The van der Waals surface area contributed by atoms with E-state index in [2.05, 4.69) is 25.7 Å². The van der Waals surface area contributed by atoms with Crippen molar-refractivity contribution in [1.29, 1.82) is 0 Å². The molecule has 2 aromatic rings. The fraction of sp³-hybridized carbons (Fsp3) is 0.500. The van der Waals surface area contributed by atoms with E-state index in [0.717, 1.165) is 17.5 Å². The van der Waals surface area contributed by atoms with E-state index in [4.69, 9.17) is 4.42 Å². The van der Waals surface area contributed by atoms with Crippen molar-refractivity contribution in [2.45, 2.75) is 26.9 Å². The minimum Gasteiger partial charge on any atom is -0.458 e. The molecule has 0 aliphatic rings. The van der Waals surface area contributed by atoms with Crippen LogP contribution in [0.2, 0.25) is 0 Å². The highest BCUT2D eigenvalue weighted by Crippen LogP contribution is 2.24. The molecule has 1 unspecified atom stereocenters. The predicted octanol–water partition coefficient (Wildman–Crippen LogP) is 3.44. The van der Waals surface area contributed by atoms with Gasteiger partial charge in [-0.1, -0.05) is 39.0 Å². The molecule has 2 rings (SSSR count). The lowest BCUT2D eigenvalue weighted by molar-refractivity contribution is 0.0926. The number of aliphatic hydroxyl groups is 1. The van der Waals surface area contributed by atoms with E-state index in [1.54, 1.807) is 0 Å². The number of fused-ring (bicyclic) bond motifs is 1. The van der Waals surface area contributed by atoms with Gasteiger partial charge < -0.3 is 14.4 Å². The third-order valence-corrected chi connectivity index (χ3v) is 3.00. The Labute approximate surface area is 114 Å². The van der Waals surface area contributed by atoms with Crippen LogP contribution in [0.5, 0.6) is 0 Å². The van der Waals surface area contributed by atoms with E-state index < -0.39 is 6.10 Å². The first-order valence-corrected chi connectivity index (χ1v) is 6.70. The summed E-state index contributed by atoms with van der Waals surface area (Å²) in [5, 5.41) is 11.3. The summed E-state index contributed by atoms with van der Waals surface area (Å²) in [5.74, 6) is 0.641. The fourth-order valence-corrected chi connectivity index (χ4v) is 2.43. The molecule has 1 N–H and O–H groups in total. The molecule has 0 fully saturated rings. The fourth-order valence-electron chi connectivity index (χ4n) is 2.43. The summed E-state index contributed by atoms with van der Waals surface area (Å²) in [6, 6.07) is 9.75. The molecule has 1 aromatic heterocycles. The van der Waals surface area contributed by atoms with E-state index in [0.29, 0.717) is 12.3 Å². The van der Waals surface area contributed by atoms with Gasteiger partial charge in [0.2, 0.25) is 0 Å². The molecule has 0 saturated heterocycles. The molecule has 0 amide bonds. The topological polar surface area (TPSA) is 36.6 Å². The van der Waals surface area contributed by atoms with Crippen LogP contribution in [-0.2, 0) is 0 Å². The van der Waals surface area contributed by atoms with Crippen molar-refractivity contribution in [2.75, 3.05) is 20.1 Å². The number of hydrogen-bond donors (Lipinski definition) is 1. The maximum absolute atomic E-state index is 10.3. The van der Waals surface area contributed by atoms with Gasteiger partial charge in [-0.05, 0) is 24.6 Å². The summed E-state index contributed by atoms with van der Waals surface area (Å²) in [4.78, 5) is 2.14. The van der Waals surface area contributed by atoms with Gasteiger partial charge in [-0.3, -0.25) is 0 Å². The molecule has 1 atom stereocenters. The minimum atomic E-state index is -0.584. The second-order valence-corrected chi connectivity index (χ2v) is 6.46. The second-order valence-electron chi connectivity index (χ2n) is 6.46. The molecule has 0 bridgehead atoms. The molecule has 104 valence electrons. The zero-order chi connectivity index (χ0) is 14.0. The lowest BCUT2D eigenvalue weighted by atomic mass is 9.96. The lowest BCUT2D eigenvalue weighted by Gasteiger charge is -2.27. The molecule has 3 heteroatoms. The average molecular weight is 261 g/mol. The normalized spacial score (nSPS) is 14.2. The Morgan fingerprint density at radius 1 is 1.26 bits per heavy atom. The molecule has 0 aliphatic carbocycles. The summed E-state index contributed by atoms with van der Waals surface area (Å²) < 4.78 is 5.68. The SMILES string of the molecule is CN(CC(O)c1cc2ccccc2o1)CC(C)(C)C. The molecule has 1 aromatic carbocycles. The number of aliphatic hydroxyl groups excluding tert-OH is 1. The molecular formula is C16H23NO2. The summed E-state index contributed by atoms with van der Waals surface area (Å²) in [6.45, 7) is 8.09. The summed E-state index contributed by atoms with van der Waals surface area (Å²) in [7, 11) is 2.02. The number of para-hydroxylation sites is 1. The van der Waals surface area contributed by atoms with Crippen LogP contribution in [-0.4, -0.2) is 30.1 Å². The van der Waals surface area contributed by atoms with Crippen molar-refractivity contribution < 1.29 is 9.52 Å². The number of benzene rings is 1. The van der Waals surface area contributed by atoms with Gasteiger partial charge in [0, 0.05) is 18.5 Å². The second kappa shape index (κ2) is 5.35. The molecule has 1 heterocycles. The highest BCUT2D eigenvalue weighted by atomic mass is 16.4. The van der Waals surface area contributed by atoms with Crippen molar-refractivity contribution in [3.8, 4) is 0 Å². The average Bonchev–Trinajstić information content (AvgIpc) is 2.69. The largest absolute Gasteiger partial charge is 0.458 e. The van der Waals surface area contributed by atoms with Gasteiger partial charge in [-0.15, -0.1) is 0 Å². The molecule has 3 nitrogen and oxygen atoms in total. The van der Waals surface area contributed by atoms with Gasteiger partial charge >= 0.3 is 0 Å².